The summed E-state index contributed by atoms with van der Waals surface area (Å²) < 4.78 is 27.3. The van der Waals surface area contributed by atoms with Crippen molar-refractivity contribution < 1.29 is 8.78 Å². The molecule has 0 spiro atoms. The molecule has 0 aliphatic heterocycles. The van der Waals surface area contributed by atoms with Gasteiger partial charge in [0.1, 0.15) is 17.7 Å². The first-order chi connectivity index (χ1) is 9.11. The van der Waals surface area contributed by atoms with Crippen molar-refractivity contribution in [2.75, 3.05) is 5.32 Å². The topological polar surface area (TPSA) is 35.8 Å². The first kappa shape index (κ1) is 13.3. The highest BCUT2D eigenvalue weighted by Gasteiger charge is 2.08. The lowest BCUT2D eigenvalue weighted by atomic mass is 10.1. The standard InChI is InChI=1S/C14H9ClF2N2/c15-11-4-5-13(12(16)6-11)19-8-10-3-1-2-9(7-18)14(10)17/h1-6,19H,8H2. The summed E-state index contributed by atoms with van der Waals surface area (Å²) in [5.74, 6) is -1.10. The summed E-state index contributed by atoms with van der Waals surface area (Å²) in [4.78, 5) is 0. The van der Waals surface area contributed by atoms with Crippen LogP contribution in [0.1, 0.15) is 11.1 Å². The number of hydrogen-bond donors (Lipinski definition) is 1. The number of nitrogens with one attached hydrogen (secondary N) is 1. The zero-order valence-electron chi connectivity index (χ0n) is 9.75. The third-order valence-electron chi connectivity index (χ3n) is 2.60. The number of anilines is 1. The molecule has 0 heterocycles. The monoisotopic (exact) mass is 278 g/mol. The minimum absolute atomic E-state index is 0.0316. The quantitative estimate of drug-likeness (QED) is 0.917. The van der Waals surface area contributed by atoms with Gasteiger partial charge in [-0.1, -0.05) is 23.7 Å². The van der Waals surface area contributed by atoms with E-state index in [4.69, 9.17) is 16.9 Å². The molecule has 0 bridgehead atoms. The molecule has 0 fully saturated rings. The van der Waals surface area contributed by atoms with Crippen LogP contribution in [-0.2, 0) is 6.54 Å². The Morgan fingerprint density at radius 2 is 2.00 bits per heavy atom. The van der Waals surface area contributed by atoms with E-state index < -0.39 is 11.6 Å². The fourth-order valence-electron chi connectivity index (χ4n) is 1.63. The Morgan fingerprint density at radius 1 is 1.21 bits per heavy atom. The summed E-state index contributed by atoms with van der Waals surface area (Å²) >= 11 is 5.64. The van der Waals surface area contributed by atoms with Crippen molar-refractivity contribution in [3.63, 3.8) is 0 Å². The van der Waals surface area contributed by atoms with Crippen molar-refractivity contribution in [1.29, 1.82) is 5.26 Å². The van der Waals surface area contributed by atoms with Crippen molar-refractivity contribution >= 4 is 17.3 Å². The second kappa shape index (κ2) is 5.68. The van der Waals surface area contributed by atoms with Crippen LogP contribution in [-0.4, -0.2) is 0 Å². The highest BCUT2D eigenvalue weighted by atomic mass is 35.5. The molecule has 0 saturated carbocycles. The smallest absolute Gasteiger partial charge is 0.147 e. The van der Waals surface area contributed by atoms with Crippen molar-refractivity contribution in [1.82, 2.24) is 0 Å². The molecule has 1 N–H and O–H groups in total. The summed E-state index contributed by atoms with van der Waals surface area (Å²) in [6.07, 6.45) is 0. The van der Waals surface area contributed by atoms with Crippen molar-refractivity contribution in [3.05, 3.63) is 64.2 Å². The number of rotatable bonds is 3. The molecule has 0 aliphatic carbocycles. The predicted octanol–water partition coefficient (Wildman–Crippen LogP) is 4.10. The largest absolute Gasteiger partial charge is 0.378 e. The maximum Gasteiger partial charge on any atom is 0.147 e. The van der Waals surface area contributed by atoms with E-state index in [1.54, 1.807) is 12.1 Å². The second-order valence-electron chi connectivity index (χ2n) is 3.87. The molecule has 2 rings (SSSR count). The van der Waals surface area contributed by atoms with E-state index in [9.17, 15) is 8.78 Å². The molecule has 0 unspecified atom stereocenters. The molecule has 0 amide bonds. The van der Waals surface area contributed by atoms with E-state index >= 15 is 0 Å². The number of benzene rings is 2. The summed E-state index contributed by atoms with van der Waals surface area (Å²) in [7, 11) is 0. The van der Waals surface area contributed by atoms with Crippen molar-refractivity contribution in [2.24, 2.45) is 0 Å². The molecule has 5 heteroatoms. The van der Waals surface area contributed by atoms with Gasteiger partial charge in [0.15, 0.2) is 0 Å². The van der Waals surface area contributed by atoms with Crippen LogP contribution in [0.2, 0.25) is 5.02 Å². The van der Waals surface area contributed by atoms with Gasteiger partial charge in [0.05, 0.1) is 11.3 Å². The van der Waals surface area contributed by atoms with Gasteiger partial charge in [0.2, 0.25) is 0 Å². The van der Waals surface area contributed by atoms with Crippen LogP contribution in [0.15, 0.2) is 36.4 Å². The minimum Gasteiger partial charge on any atom is -0.378 e. The molecule has 0 radical (unpaired) electrons. The van der Waals surface area contributed by atoms with Crippen LogP contribution in [0.25, 0.3) is 0 Å². The Bertz CT molecular complexity index is 650. The minimum atomic E-state index is -0.591. The molecule has 0 atom stereocenters. The number of nitriles is 1. The first-order valence-corrected chi connectivity index (χ1v) is 5.86. The van der Waals surface area contributed by atoms with Gasteiger partial charge in [-0.15, -0.1) is 0 Å². The fraction of sp³-hybridized carbons (Fsp3) is 0.0714. The van der Waals surface area contributed by atoms with E-state index in [1.807, 2.05) is 0 Å². The van der Waals surface area contributed by atoms with Crippen molar-refractivity contribution in [3.8, 4) is 6.07 Å². The van der Waals surface area contributed by atoms with Gasteiger partial charge in [-0.25, -0.2) is 8.78 Å². The molecular formula is C14H9ClF2N2. The number of halogens is 3. The SMILES string of the molecule is N#Cc1cccc(CNc2ccc(Cl)cc2F)c1F. The summed E-state index contributed by atoms with van der Waals surface area (Å²) in [5.41, 5.74) is 0.496. The molecule has 0 saturated heterocycles. The predicted molar refractivity (Wildman–Crippen MR) is 69.9 cm³/mol. The summed E-state index contributed by atoms with van der Waals surface area (Å²) in [6, 6.07) is 10.5. The van der Waals surface area contributed by atoms with Gasteiger partial charge in [-0.3, -0.25) is 0 Å². The molecule has 0 aliphatic rings. The zero-order valence-corrected chi connectivity index (χ0v) is 10.5. The average Bonchev–Trinajstić information content (AvgIpc) is 2.39. The third-order valence-corrected chi connectivity index (χ3v) is 2.83. The molecule has 2 aromatic rings. The Labute approximate surface area is 114 Å². The summed E-state index contributed by atoms with van der Waals surface area (Å²) in [5, 5.41) is 11.8. The fourth-order valence-corrected chi connectivity index (χ4v) is 1.78. The van der Waals surface area contributed by atoms with Gasteiger partial charge in [0, 0.05) is 17.1 Å². The molecule has 2 aromatic carbocycles. The van der Waals surface area contributed by atoms with Gasteiger partial charge in [-0.05, 0) is 24.3 Å². The van der Waals surface area contributed by atoms with Crippen LogP contribution >= 0.6 is 11.6 Å². The van der Waals surface area contributed by atoms with Crippen LogP contribution in [0.4, 0.5) is 14.5 Å². The van der Waals surface area contributed by atoms with E-state index in [-0.39, 0.29) is 17.8 Å². The Morgan fingerprint density at radius 3 is 2.68 bits per heavy atom. The molecule has 0 aromatic heterocycles. The molecule has 19 heavy (non-hydrogen) atoms. The second-order valence-corrected chi connectivity index (χ2v) is 4.30. The zero-order chi connectivity index (χ0) is 13.8. The lowest BCUT2D eigenvalue weighted by molar-refractivity contribution is 0.607. The Kier molecular flexibility index (Phi) is 3.98. The van der Waals surface area contributed by atoms with E-state index in [2.05, 4.69) is 5.32 Å². The highest BCUT2D eigenvalue weighted by molar-refractivity contribution is 6.30. The Balaban J connectivity index is 2.17. The van der Waals surface area contributed by atoms with Crippen molar-refractivity contribution in [2.45, 2.75) is 6.54 Å². The highest BCUT2D eigenvalue weighted by Crippen LogP contribution is 2.20. The molecular weight excluding hydrogens is 270 g/mol. The maximum atomic E-state index is 13.8. The number of hydrogen-bond acceptors (Lipinski definition) is 2. The van der Waals surface area contributed by atoms with E-state index in [0.29, 0.717) is 10.6 Å². The maximum absolute atomic E-state index is 13.8. The van der Waals surface area contributed by atoms with Gasteiger partial charge >= 0.3 is 0 Å². The van der Waals surface area contributed by atoms with Crippen LogP contribution in [0, 0.1) is 23.0 Å². The third kappa shape index (κ3) is 3.01. The average molecular weight is 279 g/mol. The van der Waals surface area contributed by atoms with Gasteiger partial charge in [0.25, 0.3) is 0 Å². The summed E-state index contributed by atoms with van der Waals surface area (Å²) in [6.45, 7) is 0.0832. The number of nitrogens with zero attached hydrogens (tertiary/aromatic N) is 1. The van der Waals surface area contributed by atoms with E-state index in [1.165, 1.54) is 30.3 Å². The van der Waals surface area contributed by atoms with E-state index in [0.717, 1.165) is 0 Å². The van der Waals surface area contributed by atoms with Gasteiger partial charge in [-0.2, -0.15) is 5.26 Å². The van der Waals surface area contributed by atoms with Crippen LogP contribution in [0.3, 0.4) is 0 Å². The van der Waals surface area contributed by atoms with Crippen LogP contribution < -0.4 is 5.32 Å². The normalized spacial score (nSPS) is 10.0. The lowest BCUT2D eigenvalue weighted by Crippen LogP contribution is -2.04. The Hall–Kier alpha value is -2.12. The first-order valence-electron chi connectivity index (χ1n) is 5.48. The van der Waals surface area contributed by atoms with Gasteiger partial charge < -0.3 is 5.32 Å². The lowest BCUT2D eigenvalue weighted by Gasteiger charge is -2.09. The van der Waals surface area contributed by atoms with Crippen LogP contribution in [0.5, 0.6) is 0 Å². The molecule has 2 nitrogen and oxygen atoms in total. The molecule has 96 valence electrons.